The van der Waals surface area contributed by atoms with Crippen LogP contribution in [0.4, 0.5) is 0 Å². The molecule has 7 heteroatoms. The summed E-state index contributed by atoms with van der Waals surface area (Å²) in [4.78, 5) is 33.7. The van der Waals surface area contributed by atoms with Crippen LogP contribution >= 0.6 is 0 Å². The first-order chi connectivity index (χ1) is 11.2. The molecule has 23 heavy (non-hydrogen) atoms. The lowest BCUT2D eigenvalue weighted by Gasteiger charge is -2.21. The third kappa shape index (κ3) is 7.69. The van der Waals surface area contributed by atoms with E-state index in [1.54, 1.807) is 12.0 Å². The van der Waals surface area contributed by atoms with Gasteiger partial charge in [0.05, 0.1) is 12.8 Å². The SMILES string of the molecule is CCCCCNC(=O)CCN(CCOC)C(=O)c1cnccn1. The van der Waals surface area contributed by atoms with Crippen molar-refractivity contribution in [2.45, 2.75) is 32.6 Å². The highest BCUT2D eigenvalue weighted by Gasteiger charge is 2.17. The van der Waals surface area contributed by atoms with Gasteiger partial charge in [0, 0.05) is 45.6 Å². The summed E-state index contributed by atoms with van der Waals surface area (Å²) in [5.74, 6) is -0.288. The zero-order chi connectivity index (χ0) is 16.9. The van der Waals surface area contributed by atoms with Crippen LogP contribution in [-0.4, -0.2) is 60.0 Å². The fraction of sp³-hybridized carbons (Fsp3) is 0.625. The molecule has 1 aromatic heterocycles. The third-order valence-corrected chi connectivity index (χ3v) is 3.35. The standard InChI is InChI=1S/C16H26N4O3/c1-3-4-5-7-19-15(21)6-10-20(11-12-23-2)16(22)14-13-17-8-9-18-14/h8-9,13H,3-7,10-12H2,1-2H3,(H,19,21). The molecule has 0 bridgehead atoms. The summed E-state index contributed by atoms with van der Waals surface area (Å²) in [5.41, 5.74) is 0.270. The Balaban J connectivity index is 2.48. The number of unbranched alkanes of at least 4 members (excludes halogenated alkanes) is 2. The van der Waals surface area contributed by atoms with Crippen molar-refractivity contribution in [3.63, 3.8) is 0 Å². The van der Waals surface area contributed by atoms with Gasteiger partial charge in [-0.3, -0.25) is 14.6 Å². The number of nitrogens with zero attached hydrogens (tertiary/aromatic N) is 3. The van der Waals surface area contributed by atoms with Gasteiger partial charge >= 0.3 is 0 Å². The lowest BCUT2D eigenvalue weighted by molar-refractivity contribution is -0.121. The summed E-state index contributed by atoms with van der Waals surface area (Å²) in [6, 6.07) is 0. The molecular formula is C16H26N4O3. The Kier molecular flexibility index (Phi) is 9.54. The van der Waals surface area contributed by atoms with Crippen LogP contribution in [0.25, 0.3) is 0 Å². The molecule has 0 aliphatic rings. The first kappa shape index (κ1) is 19.0. The number of carbonyl (C=O) groups is 2. The van der Waals surface area contributed by atoms with E-state index < -0.39 is 0 Å². The fourth-order valence-corrected chi connectivity index (χ4v) is 2.02. The van der Waals surface area contributed by atoms with Crippen LogP contribution in [0.5, 0.6) is 0 Å². The average molecular weight is 322 g/mol. The Morgan fingerprint density at radius 2 is 2.09 bits per heavy atom. The van der Waals surface area contributed by atoms with Crippen molar-refractivity contribution in [3.8, 4) is 0 Å². The van der Waals surface area contributed by atoms with Gasteiger partial charge in [-0.25, -0.2) is 4.98 Å². The number of rotatable bonds is 11. The molecule has 0 unspecified atom stereocenters. The van der Waals surface area contributed by atoms with Gasteiger partial charge < -0.3 is 15.0 Å². The average Bonchev–Trinajstić information content (AvgIpc) is 2.59. The minimum atomic E-state index is -0.242. The van der Waals surface area contributed by atoms with Crippen LogP contribution in [0.1, 0.15) is 43.1 Å². The number of hydrogen-bond acceptors (Lipinski definition) is 5. The summed E-state index contributed by atoms with van der Waals surface area (Å²) in [6.45, 7) is 3.95. The smallest absolute Gasteiger partial charge is 0.274 e. The van der Waals surface area contributed by atoms with Crippen LogP contribution in [0.3, 0.4) is 0 Å². The molecule has 0 aliphatic carbocycles. The molecule has 0 fully saturated rings. The Bertz CT molecular complexity index is 468. The number of hydrogen-bond donors (Lipinski definition) is 1. The van der Waals surface area contributed by atoms with Crippen LogP contribution in [-0.2, 0) is 9.53 Å². The van der Waals surface area contributed by atoms with Crippen LogP contribution in [0.2, 0.25) is 0 Å². The summed E-state index contributed by atoms with van der Waals surface area (Å²) in [5, 5.41) is 2.87. The Hall–Kier alpha value is -2.02. The number of ether oxygens (including phenoxy) is 1. The highest BCUT2D eigenvalue weighted by Crippen LogP contribution is 2.02. The molecule has 1 aromatic rings. The van der Waals surface area contributed by atoms with Gasteiger partial charge in [-0.2, -0.15) is 0 Å². The first-order valence-electron chi connectivity index (χ1n) is 8.00. The molecule has 0 saturated heterocycles. The molecule has 1 rings (SSSR count). The Morgan fingerprint density at radius 3 is 2.74 bits per heavy atom. The second kappa shape index (κ2) is 11.5. The molecule has 0 atom stereocenters. The van der Waals surface area contributed by atoms with Gasteiger partial charge in [-0.15, -0.1) is 0 Å². The fourth-order valence-electron chi connectivity index (χ4n) is 2.02. The predicted molar refractivity (Wildman–Crippen MR) is 87.0 cm³/mol. The van der Waals surface area contributed by atoms with E-state index >= 15 is 0 Å². The second-order valence-electron chi connectivity index (χ2n) is 5.18. The van der Waals surface area contributed by atoms with Gasteiger partial charge in [0.1, 0.15) is 5.69 Å². The van der Waals surface area contributed by atoms with Gasteiger partial charge in [0.15, 0.2) is 0 Å². The summed E-state index contributed by atoms with van der Waals surface area (Å²) >= 11 is 0. The first-order valence-corrected chi connectivity index (χ1v) is 8.00. The second-order valence-corrected chi connectivity index (χ2v) is 5.18. The monoisotopic (exact) mass is 322 g/mol. The maximum atomic E-state index is 12.4. The number of nitrogens with one attached hydrogen (secondary N) is 1. The van der Waals surface area contributed by atoms with E-state index in [0.29, 0.717) is 26.2 Å². The normalized spacial score (nSPS) is 10.3. The van der Waals surface area contributed by atoms with Gasteiger partial charge in [-0.05, 0) is 6.42 Å². The Morgan fingerprint density at radius 1 is 1.26 bits per heavy atom. The zero-order valence-corrected chi connectivity index (χ0v) is 14.0. The lowest BCUT2D eigenvalue weighted by Crippen LogP contribution is -2.38. The molecular weight excluding hydrogens is 296 g/mol. The number of methoxy groups -OCH3 is 1. The van der Waals surface area contributed by atoms with Crippen molar-refractivity contribution >= 4 is 11.8 Å². The van der Waals surface area contributed by atoms with Gasteiger partial charge in [-0.1, -0.05) is 19.8 Å². The maximum absolute atomic E-state index is 12.4. The summed E-state index contributed by atoms with van der Waals surface area (Å²) < 4.78 is 5.03. The van der Waals surface area contributed by atoms with Crippen molar-refractivity contribution in [2.24, 2.45) is 0 Å². The molecule has 0 radical (unpaired) electrons. The Labute approximate surface area is 137 Å². The van der Waals surface area contributed by atoms with Gasteiger partial charge in [0.25, 0.3) is 5.91 Å². The largest absolute Gasteiger partial charge is 0.383 e. The number of aromatic nitrogens is 2. The van der Waals surface area contributed by atoms with E-state index in [4.69, 9.17) is 4.74 Å². The topological polar surface area (TPSA) is 84.4 Å². The minimum Gasteiger partial charge on any atom is -0.383 e. The van der Waals surface area contributed by atoms with Crippen molar-refractivity contribution in [2.75, 3.05) is 33.4 Å². The van der Waals surface area contributed by atoms with Crippen molar-refractivity contribution in [1.29, 1.82) is 0 Å². The van der Waals surface area contributed by atoms with E-state index in [9.17, 15) is 9.59 Å². The zero-order valence-electron chi connectivity index (χ0n) is 14.0. The minimum absolute atomic E-state index is 0.0459. The van der Waals surface area contributed by atoms with E-state index in [2.05, 4.69) is 22.2 Å². The molecule has 1 N–H and O–H groups in total. The van der Waals surface area contributed by atoms with Crippen molar-refractivity contribution in [3.05, 3.63) is 24.3 Å². The molecule has 2 amide bonds. The molecule has 0 saturated carbocycles. The predicted octanol–water partition coefficient (Wildman–Crippen LogP) is 1.26. The van der Waals surface area contributed by atoms with Crippen molar-refractivity contribution in [1.82, 2.24) is 20.2 Å². The lowest BCUT2D eigenvalue weighted by atomic mass is 10.2. The van der Waals surface area contributed by atoms with E-state index in [0.717, 1.165) is 19.3 Å². The molecule has 0 aromatic carbocycles. The molecule has 7 nitrogen and oxygen atoms in total. The highest BCUT2D eigenvalue weighted by molar-refractivity contribution is 5.92. The van der Waals surface area contributed by atoms with E-state index in [1.165, 1.54) is 18.6 Å². The number of carbonyl (C=O) groups excluding carboxylic acids is 2. The summed E-state index contributed by atoms with van der Waals surface area (Å²) in [6.07, 6.45) is 7.88. The third-order valence-electron chi connectivity index (χ3n) is 3.35. The van der Waals surface area contributed by atoms with Crippen LogP contribution < -0.4 is 5.32 Å². The molecule has 1 heterocycles. The highest BCUT2D eigenvalue weighted by atomic mass is 16.5. The van der Waals surface area contributed by atoms with Crippen LogP contribution in [0.15, 0.2) is 18.6 Å². The summed E-state index contributed by atoms with van der Waals surface area (Å²) in [7, 11) is 1.57. The van der Waals surface area contributed by atoms with E-state index in [-0.39, 0.29) is 23.9 Å². The quantitative estimate of drug-likeness (QED) is 0.620. The van der Waals surface area contributed by atoms with E-state index in [1.807, 2.05) is 0 Å². The van der Waals surface area contributed by atoms with Gasteiger partial charge in [0.2, 0.25) is 5.91 Å². The van der Waals surface area contributed by atoms with Crippen LogP contribution in [0, 0.1) is 0 Å². The maximum Gasteiger partial charge on any atom is 0.274 e. The molecule has 128 valence electrons. The molecule has 0 aliphatic heterocycles. The molecule has 0 spiro atoms. The van der Waals surface area contributed by atoms with Crippen molar-refractivity contribution < 1.29 is 14.3 Å². The number of amides is 2.